The van der Waals surface area contributed by atoms with Crippen LogP contribution in [0.25, 0.3) is 11.3 Å². The molecule has 0 N–H and O–H groups in total. The maximum absolute atomic E-state index is 13.7. The van der Waals surface area contributed by atoms with Crippen LogP contribution in [0.2, 0.25) is 0 Å². The van der Waals surface area contributed by atoms with Gasteiger partial charge in [0.05, 0.1) is 6.20 Å². The van der Waals surface area contributed by atoms with Crippen molar-refractivity contribution in [2.45, 2.75) is 50.1 Å². The number of nitrogens with zero attached hydrogens (tertiary/aromatic N) is 3. The van der Waals surface area contributed by atoms with Crippen LogP contribution in [0, 0.1) is 17.5 Å². The summed E-state index contributed by atoms with van der Waals surface area (Å²) < 4.78 is 63.4. The lowest BCUT2D eigenvalue weighted by Crippen LogP contribution is -2.57. The van der Waals surface area contributed by atoms with E-state index in [4.69, 9.17) is 18.9 Å². The SMILES string of the molecule is CC(=O)OC[C@H]1O[C@H](Br)[C@H](OC(C)=O)[C@@H](n2cc(-c3cc(F)c(F)c(F)c3)nn2)[C@H]1OC(C)=O. The van der Waals surface area contributed by atoms with Crippen LogP contribution < -0.4 is 0 Å². The Kier molecular flexibility index (Phi) is 7.92. The van der Waals surface area contributed by atoms with Crippen molar-refractivity contribution in [2.24, 2.45) is 0 Å². The highest BCUT2D eigenvalue weighted by Gasteiger charge is 2.51. The van der Waals surface area contributed by atoms with E-state index in [1.165, 1.54) is 13.1 Å². The summed E-state index contributed by atoms with van der Waals surface area (Å²) >= 11 is 3.26. The predicted octanol–water partition coefficient (Wildman–Crippen LogP) is 2.45. The van der Waals surface area contributed by atoms with Gasteiger partial charge in [0.2, 0.25) is 0 Å². The Balaban J connectivity index is 2.05. The molecule has 5 atom stereocenters. The number of carbonyl (C=O) groups is 3. The highest BCUT2D eigenvalue weighted by atomic mass is 79.9. The van der Waals surface area contributed by atoms with Gasteiger partial charge in [-0.1, -0.05) is 21.1 Å². The fourth-order valence-corrected chi connectivity index (χ4v) is 4.13. The molecule has 1 aromatic heterocycles. The van der Waals surface area contributed by atoms with E-state index >= 15 is 0 Å². The average molecular weight is 550 g/mol. The molecule has 1 saturated heterocycles. The highest BCUT2D eigenvalue weighted by molar-refractivity contribution is 9.09. The van der Waals surface area contributed by atoms with Gasteiger partial charge in [-0.05, 0) is 12.1 Å². The average Bonchev–Trinajstić information content (AvgIpc) is 3.22. The summed E-state index contributed by atoms with van der Waals surface area (Å²) in [5.41, 5.74) is -0.162. The third-order valence-electron chi connectivity index (χ3n) is 4.75. The molecule has 14 heteroatoms. The van der Waals surface area contributed by atoms with Crippen molar-refractivity contribution in [2.75, 3.05) is 6.61 Å². The van der Waals surface area contributed by atoms with Gasteiger partial charge in [-0.25, -0.2) is 17.9 Å². The number of carbonyl (C=O) groups excluding carboxylic acids is 3. The number of benzene rings is 1. The lowest BCUT2D eigenvalue weighted by Gasteiger charge is -2.43. The summed E-state index contributed by atoms with van der Waals surface area (Å²) in [6, 6.07) is 0.407. The second kappa shape index (κ2) is 10.5. The molecule has 0 spiro atoms. The lowest BCUT2D eigenvalue weighted by molar-refractivity contribution is -0.211. The molecule has 184 valence electrons. The van der Waals surface area contributed by atoms with Crippen LogP contribution in [0.4, 0.5) is 13.2 Å². The van der Waals surface area contributed by atoms with Gasteiger partial charge in [-0.3, -0.25) is 14.4 Å². The number of rotatable bonds is 6. The van der Waals surface area contributed by atoms with E-state index in [2.05, 4.69) is 26.2 Å². The number of hydrogen-bond acceptors (Lipinski definition) is 9. The van der Waals surface area contributed by atoms with Gasteiger partial charge in [0, 0.05) is 26.3 Å². The Hall–Kier alpha value is -3.00. The normalized spacial score (nSPS) is 24.4. The molecule has 0 saturated carbocycles. The van der Waals surface area contributed by atoms with E-state index in [0.717, 1.165) is 30.7 Å². The molecule has 0 unspecified atom stereocenters. The zero-order chi connectivity index (χ0) is 25.2. The zero-order valence-corrected chi connectivity index (χ0v) is 19.6. The Morgan fingerprint density at radius 2 is 1.62 bits per heavy atom. The van der Waals surface area contributed by atoms with Crippen LogP contribution in [0.15, 0.2) is 18.3 Å². The summed E-state index contributed by atoms with van der Waals surface area (Å²) in [5, 5.41) is 6.84. The van der Waals surface area contributed by atoms with E-state index in [-0.39, 0.29) is 17.9 Å². The summed E-state index contributed by atoms with van der Waals surface area (Å²) in [6.45, 7) is 3.16. The van der Waals surface area contributed by atoms with Crippen molar-refractivity contribution in [1.29, 1.82) is 0 Å². The molecule has 0 aliphatic carbocycles. The van der Waals surface area contributed by atoms with Gasteiger partial charge in [0.15, 0.2) is 34.7 Å². The van der Waals surface area contributed by atoms with E-state index in [1.54, 1.807) is 0 Å². The molecular weight excluding hydrogens is 531 g/mol. The van der Waals surface area contributed by atoms with Gasteiger partial charge in [0.1, 0.15) is 24.4 Å². The van der Waals surface area contributed by atoms with Crippen molar-refractivity contribution in [3.8, 4) is 11.3 Å². The number of alkyl halides is 1. The molecule has 3 rings (SSSR count). The van der Waals surface area contributed by atoms with Crippen LogP contribution in [0.3, 0.4) is 0 Å². The molecule has 34 heavy (non-hydrogen) atoms. The quantitative estimate of drug-likeness (QED) is 0.231. The minimum Gasteiger partial charge on any atom is -0.463 e. The maximum atomic E-state index is 13.7. The largest absolute Gasteiger partial charge is 0.463 e. The van der Waals surface area contributed by atoms with Crippen LogP contribution in [0.1, 0.15) is 26.8 Å². The minimum atomic E-state index is -1.64. The first-order valence-electron chi connectivity index (χ1n) is 9.82. The summed E-state index contributed by atoms with van der Waals surface area (Å²) in [4.78, 5) is 34.9. The van der Waals surface area contributed by atoms with Crippen LogP contribution >= 0.6 is 15.9 Å². The molecule has 2 aromatic rings. The maximum Gasteiger partial charge on any atom is 0.303 e. The molecule has 1 aliphatic heterocycles. The van der Waals surface area contributed by atoms with Gasteiger partial charge >= 0.3 is 17.9 Å². The van der Waals surface area contributed by atoms with Gasteiger partial charge in [0.25, 0.3) is 0 Å². The molecule has 0 radical (unpaired) electrons. The summed E-state index contributed by atoms with van der Waals surface area (Å²) in [7, 11) is 0. The molecule has 0 bridgehead atoms. The zero-order valence-electron chi connectivity index (χ0n) is 18.0. The topological polar surface area (TPSA) is 119 Å². The highest BCUT2D eigenvalue weighted by Crippen LogP contribution is 2.37. The number of esters is 3. The fraction of sp³-hybridized carbons (Fsp3) is 0.450. The van der Waals surface area contributed by atoms with Crippen molar-refractivity contribution in [3.05, 3.63) is 35.8 Å². The van der Waals surface area contributed by atoms with Crippen LogP contribution in [0.5, 0.6) is 0 Å². The first-order valence-corrected chi connectivity index (χ1v) is 10.7. The minimum absolute atomic E-state index is 0.0462. The number of halogens is 4. The molecule has 0 amide bonds. The van der Waals surface area contributed by atoms with Crippen molar-refractivity contribution >= 4 is 33.8 Å². The number of hydrogen-bond donors (Lipinski definition) is 0. The Morgan fingerprint density at radius 3 is 2.18 bits per heavy atom. The van der Waals surface area contributed by atoms with Crippen molar-refractivity contribution < 1.29 is 46.5 Å². The second-order valence-corrected chi connectivity index (χ2v) is 8.21. The molecular formula is C20H19BrF3N3O7. The van der Waals surface area contributed by atoms with Crippen LogP contribution in [-0.2, 0) is 33.3 Å². The van der Waals surface area contributed by atoms with Gasteiger partial charge in [-0.15, -0.1) is 5.10 Å². The summed E-state index contributed by atoms with van der Waals surface area (Å²) in [5.74, 6) is -6.50. The monoisotopic (exact) mass is 549 g/mol. The molecule has 10 nitrogen and oxygen atoms in total. The van der Waals surface area contributed by atoms with Crippen LogP contribution in [-0.4, -0.2) is 62.8 Å². The van der Waals surface area contributed by atoms with E-state index < -0.39 is 64.7 Å². The second-order valence-electron chi connectivity index (χ2n) is 7.30. The molecule has 1 aliphatic rings. The molecule has 1 aromatic carbocycles. The first-order chi connectivity index (χ1) is 16.0. The van der Waals surface area contributed by atoms with E-state index in [0.29, 0.717) is 0 Å². The number of aromatic nitrogens is 3. The third-order valence-corrected chi connectivity index (χ3v) is 5.49. The smallest absolute Gasteiger partial charge is 0.303 e. The Bertz CT molecular complexity index is 1080. The standard InChI is InChI=1S/C20H19BrF3N3O7/c1-8(28)31-7-15-18(32-9(2)29)17(19(20(21)34-15)33-10(3)30)27-6-14(25-26-27)11-4-12(22)16(24)13(23)5-11/h4-6,15,17-20H,7H2,1-3H3/t15-,17+,18+,19-,20+/m1/s1. The first kappa shape index (κ1) is 25.6. The summed E-state index contributed by atoms with van der Waals surface area (Å²) in [6.07, 6.45) is -2.07. The predicted molar refractivity (Wildman–Crippen MR) is 110 cm³/mol. The lowest BCUT2D eigenvalue weighted by atomic mass is 9.96. The number of ether oxygens (including phenoxy) is 4. The van der Waals surface area contributed by atoms with Crippen molar-refractivity contribution in [1.82, 2.24) is 15.0 Å². The third kappa shape index (κ3) is 5.73. The van der Waals surface area contributed by atoms with Gasteiger partial charge in [-0.2, -0.15) is 0 Å². The van der Waals surface area contributed by atoms with Gasteiger partial charge < -0.3 is 18.9 Å². The fourth-order valence-electron chi connectivity index (χ4n) is 3.43. The Morgan fingerprint density at radius 1 is 1.03 bits per heavy atom. The Labute approximate surface area is 199 Å². The molecule has 2 heterocycles. The van der Waals surface area contributed by atoms with Crippen molar-refractivity contribution in [3.63, 3.8) is 0 Å². The molecule has 1 fully saturated rings. The van der Waals surface area contributed by atoms with E-state index in [9.17, 15) is 27.6 Å². The van der Waals surface area contributed by atoms with E-state index in [1.807, 2.05) is 0 Å².